The molecule has 0 unspecified atom stereocenters. The van der Waals surface area contributed by atoms with Crippen molar-refractivity contribution < 1.29 is 14.0 Å². The molecule has 1 aromatic rings. The molecule has 0 saturated heterocycles. The molecule has 0 aliphatic carbocycles. The van der Waals surface area contributed by atoms with Crippen molar-refractivity contribution >= 4 is 29.6 Å². The highest BCUT2D eigenvalue weighted by Gasteiger charge is 2.09. The van der Waals surface area contributed by atoms with Crippen molar-refractivity contribution in [2.75, 3.05) is 11.2 Å². The highest BCUT2D eigenvalue weighted by atomic mass is 35.5. The monoisotopic (exact) mass is 218 g/mol. The topological polar surface area (TPSA) is 97.1 Å². The summed E-state index contributed by atoms with van der Waals surface area (Å²) in [4.78, 5) is 21.6. The van der Waals surface area contributed by atoms with Crippen LogP contribution in [0.5, 0.6) is 0 Å². The van der Waals surface area contributed by atoms with Gasteiger partial charge in [0.1, 0.15) is 5.88 Å². The van der Waals surface area contributed by atoms with Crippen molar-refractivity contribution in [1.82, 2.24) is 15.5 Å². The number of carbonyl (C=O) groups is 2. The molecule has 0 fully saturated rings. The first-order chi connectivity index (χ1) is 6.61. The van der Waals surface area contributed by atoms with E-state index in [0.717, 1.165) is 0 Å². The van der Waals surface area contributed by atoms with Gasteiger partial charge in [0, 0.05) is 6.92 Å². The Labute approximate surface area is 83.8 Å². The van der Waals surface area contributed by atoms with Crippen molar-refractivity contribution in [2.24, 2.45) is 0 Å². The molecule has 8 heteroatoms. The number of aromatic nitrogens is 2. The number of anilines is 1. The Morgan fingerprint density at radius 3 is 2.71 bits per heavy atom. The number of nitrogens with one attached hydrogen (secondary N) is 2. The maximum atomic E-state index is 11.0. The molecular weight excluding hydrogens is 212 g/mol. The van der Waals surface area contributed by atoms with E-state index < -0.39 is 11.9 Å². The van der Waals surface area contributed by atoms with Crippen molar-refractivity contribution in [2.45, 2.75) is 6.92 Å². The number of amides is 3. The third kappa shape index (κ3) is 3.02. The lowest BCUT2D eigenvalue weighted by Crippen LogP contribution is -2.35. The number of urea groups is 1. The molecule has 76 valence electrons. The molecule has 14 heavy (non-hydrogen) atoms. The molecule has 0 spiro atoms. The largest absolute Gasteiger partial charge is 0.408 e. The normalized spacial score (nSPS) is 9.57. The summed E-state index contributed by atoms with van der Waals surface area (Å²) >= 11 is 5.16. The van der Waals surface area contributed by atoms with Crippen molar-refractivity contribution in [3.8, 4) is 0 Å². The van der Waals surface area contributed by atoms with Crippen LogP contribution >= 0.6 is 11.6 Å². The SMILES string of the molecule is Cc1nnc(NC(=O)NC(=O)CCl)o1. The lowest BCUT2D eigenvalue weighted by molar-refractivity contribution is -0.117. The van der Waals surface area contributed by atoms with Crippen LogP contribution in [0.1, 0.15) is 5.89 Å². The minimum absolute atomic E-state index is 0.0811. The Bertz CT molecular complexity index is 351. The molecule has 0 saturated carbocycles. The summed E-state index contributed by atoms with van der Waals surface area (Å²) in [5.74, 6) is -0.597. The van der Waals surface area contributed by atoms with Gasteiger partial charge >= 0.3 is 12.0 Å². The van der Waals surface area contributed by atoms with E-state index in [-0.39, 0.29) is 11.9 Å². The van der Waals surface area contributed by atoms with E-state index in [0.29, 0.717) is 5.89 Å². The van der Waals surface area contributed by atoms with E-state index in [9.17, 15) is 9.59 Å². The Hall–Kier alpha value is -1.63. The van der Waals surface area contributed by atoms with E-state index in [2.05, 4.69) is 15.5 Å². The van der Waals surface area contributed by atoms with Gasteiger partial charge in [-0.05, 0) is 0 Å². The summed E-state index contributed by atoms with van der Waals surface area (Å²) in [5, 5.41) is 11.1. The quantitative estimate of drug-likeness (QED) is 0.695. The molecule has 1 rings (SSSR count). The fourth-order valence-electron chi connectivity index (χ4n) is 0.635. The van der Waals surface area contributed by atoms with Crippen molar-refractivity contribution in [1.29, 1.82) is 0 Å². The smallest absolute Gasteiger partial charge is 0.329 e. The summed E-state index contributed by atoms with van der Waals surface area (Å²) in [7, 11) is 0. The van der Waals surface area contributed by atoms with Crippen LogP contribution in [0, 0.1) is 6.92 Å². The number of alkyl halides is 1. The highest BCUT2D eigenvalue weighted by molar-refractivity contribution is 6.28. The van der Waals surface area contributed by atoms with Crippen LogP contribution < -0.4 is 10.6 Å². The lowest BCUT2D eigenvalue weighted by Gasteiger charge is -1.99. The molecule has 1 aromatic heterocycles. The molecule has 7 nitrogen and oxygen atoms in total. The third-order valence-corrected chi connectivity index (χ3v) is 1.36. The first-order valence-corrected chi connectivity index (χ1v) is 4.12. The number of hydrogen-bond acceptors (Lipinski definition) is 5. The van der Waals surface area contributed by atoms with Crippen LogP contribution in [0.25, 0.3) is 0 Å². The molecular formula is C6H7ClN4O3. The summed E-state index contributed by atoms with van der Waals surface area (Å²) in [6.07, 6.45) is 0. The Balaban J connectivity index is 2.45. The zero-order valence-electron chi connectivity index (χ0n) is 7.20. The molecule has 0 aromatic carbocycles. The van der Waals surface area contributed by atoms with Crippen LogP contribution in [0.3, 0.4) is 0 Å². The average Bonchev–Trinajstić information content (AvgIpc) is 2.50. The summed E-state index contributed by atoms with van der Waals surface area (Å²) in [6.45, 7) is 1.57. The Morgan fingerprint density at radius 1 is 1.50 bits per heavy atom. The Kier molecular flexibility index (Phi) is 3.41. The minimum atomic E-state index is -0.765. The number of halogens is 1. The van der Waals surface area contributed by atoms with Gasteiger partial charge in [-0.25, -0.2) is 4.79 Å². The maximum absolute atomic E-state index is 11.0. The molecule has 1 heterocycles. The zero-order valence-corrected chi connectivity index (χ0v) is 7.96. The van der Waals surface area contributed by atoms with Crippen LogP contribution in [0.15, 0.2) is 4.42 Å². The second-order valence-corrected chi connectivity index (χ2v) is 2.53. The molecule has 0 radical (unpaired) electrons. The minimum Gasteiger partial charge on any atom is -0.408 e. The van der Waals surface area contributed by atoms with E-state index in [1.165, 1.54) is 0 Å². The maximum Gasteiger partial charge on any atom is 0.329 e. The summed E-state index contributed by atoms with van der Waals surface area (Å²) < 4.78 is 4.83. The summed E-state index contributed by atoms with van der Waals surface area (Å²) in [6, 6.07) is -0.846. The second-order valence-electron chi connectivity index (χ2n) is 2.26. The average molecular weight is 219 g/mol. The van der Waals surface area contributed by atoms with Gasteiger partial charge < -0.3 is 4.42 Å². The molecule has 0 aliphatic rings. The van der Waals surface area contributed by atoms with E-state index in [1.54, 1.807) is 6.92 Å². The fourth-order valence-corrected chi connectivity index (χ4v) is 0.702. The van der Waals surface area contributed by atoms with Gasteiger partial charge in [0.25, 0.3) is 0 Å². The van der Waals surface area contributed by atoms with Gasteiger partial charge in [-0.1, -0.05) is 5.10 Å². The van der Waals surface area contributed by atoms with Gasteiger partial charge in [-0.15, -0.1) is 16.7 Å². The molecule has 0 bridgehead atoms. The fraction of sp³-hybridized carbons (Fsp3) is 0.333. The van der Waals surface area contributed by atoms with Crippen molar-refractivity contribution in [3.05, 3.63) is 5.89 Å². The van der Waals surface area contributed by atoms with E-state index in [4.69, 9.17) is 16.0 Å². The van der Waals surface area contributed by atoms with E-state index >= 15 is 0 Å². The standard InChI is InChI=1S/C6H7ClN4O3/c1-3-10-11-6(14-3)9-5(13)8-4(12)2-7/h2H2,1H3,(H2,8,9,11,12,13). The molecule has 3 amide bonds. The molecule has 2 N–H and O–H groups in total. The van der Waals surface area contributed by atoms with Gasteiger partial charge in [-0.3, -0.25) is 15.4 Å². The predicted molar refractivity (Wildman–Crippen MR) is 46.9 cm³/mol. The number of imide groups is 1. The third-order valence-electron chi connectivity index (χ3n) is 1.12. The number of aryl methyl sites for hydroxylation is 1. The number of rotatable bonds is 2. The van der Waals surface area contributed by atoms with Gasteiger partial charge in [0.15, 0.2) is 0 Å². The van der Waals surface area contributed by atoms with E-state index in [1.807, 2.05) is 5.32 Å². The summed E-state index contributed by atoms with van der Waals surface area (Å²) in [5.41, 5.74) is 0. The van der Waals surface area contributed by atoms with Crippen molar-refractivity contribution in [3.63, 3.8) is 0 Å². The lowest BCUT2D eigenvalue weighted by atomic mass is 10.7. The highest BCUT2D eigenvalue weighted by Crippen LogP contribution is 2.02. The number of nitrogens with zero attached hydrogens (tertiary/aromatic N) is 2. The first kappa shape index (κ1) is 10.5. The number of carbonyl (C=O) groups excluding carboxylic acids is 2. The Morgan fingerprint density at radius 2 is 2.21 bits per heavy atom. The van der Waals surface area contributed by atoms with Crippen LogP contribution in [0.4, 0.5) is 10.8 Å². The first-order valence-electron chi connectivity index (χ1n) is 3.58. The van der Waals surface area contributed by atoms with Gasteiger partial charge in [0.05, 0.1) is 0 Å². The van der Waals surface area contributed by atoms with Crippen LogP contribution in [0.2, 0.25) is 0 Å². The number of hydrogen-bond donors (Lipinski definition) is 2. The second kappa shape index (κ2) is 4.56. The zero-order chi connectivity index (χ0) is 10.6. The van der Waals surface area contributed by atoms with Crippen LogP contribution in [-0.4, -0.2) is 28.0 Å². The van der Waals surface area contributed by atoms with Gasteiger partial charge in [-0.2, -0.15) is 0 Å². The predicted octanol–water partition coefficient (Wildman–Crippen LogP) is 0.265. The van der Waals surface area contributed by atoms with Gasteiger partial charge in [0.2, 0.25) is 11.8 Å². The molecule has 0 aliphatic heterocycles. The van der Waals surface area contributed by atoms with Crippen LogP contribution in [-0.2, 0) is 4.79 Å². The molecule has 0 atom stereocenters.